The van der Waals surface area contributed by atoms with Crippen LogP contribution in [-0.2, 0) is 0 Å². The van der Waals surface area contributed by atoms with E-state index in [9.17, 15) is 4.39 Å². The van der Waals surface area contributed by atoms with Crippen LogP contribution in [-0.4, -0.2) is 6.80 Å². The number of allylic oxidation sites excluding steroid dienone is 2. The quantitative estimate of drug-likeness (QED) is 0.556. The first-order valence-corrected chi connectivity index (χ1v) is 2.77. The molecule has 0 aliphatic heterocycles. The molecule has 0 aromatic heterocycles. The van der Waals surface area contributed by atoms with Crippen molar-refractivity contribution in [1.29, 1.82) is 0 Å². The van der Waals surface area contributed by atoms with Crippen LogP contribution in [0, 0.1) is 0 Å². The van der Waals surface area contributed by atoms with Crippen LogP contribution in [0.1, 0.15) is 20.3 Å². The van der Waals surface area contributed by atoms with Gasteiger partial charge in [-0.25, -0.2) is 4.39 Å². The van der Waals surface area contributed by atoms with Crippen molar-refractivity contribution in [2.24, 2.45) is 0 Å². The van der Waals surface area contributed by atoms with Crippen molar-refractivity contribution in [2.75, 3.05) is 6.80 Å². The van der Waals surface area contributed by atoms with Gasteiger partial charge in [0.25, 0.3) is 0 Å². The third-order valence-corrected chi connectivity index (χ3v) is 0.856. The Kier molecular flexibility index (Phi) is 4.32. The van der Waals surface area contributed by atoms with Gasteiger partial charge in [-0.2, -0.15) is 0 Å². The molecule has 0 spiro atoms. The summed E-state index contributed by atoms with van der Waals surface area (Å²) in [4.78, 5) is 0. The highest BCUT2D eigenvalue weighted by molar-refractivity contribution is 4.93. The van der Waals surface area contributed by atoms with E-state index >= 15 is 0 Å². The van der Waals surface area contributed by atoms with E-state index in [0.29, 0.717) is 0 Å². The number of rotatable bonds is 3. The summed E-state index contributed by atoms with van der Waals surface area (Å²) in [7, 11) is 0. The van der Waals surface area contributed by atoms with Crippen LogP contribution in [0.2, 0.25) is 0 Å². The van der Waals surface area contributed by atoms with Gasteiger partial charge in [-0.1, -0.05) is 13.0 Å². The third kappa shape index (κ3) is 3.65. The van der Waals surface area contributed by atoms with Crippen LogP contribution in [0.25, 0.3) is 0 Å². The average molecular weight is 117 g/mol. The van der Waals surface area contributed by atoms with Crippen LogP contribution >= 0.6 is 0 Å². The second-order valence-corrected chi connectivity index (χ2v) is 1.61. The van der Waals surface area contributed by atoms with Crippen LogP contribution in [0.5, 0.6) is 0 Å². The van der Waals surface area contributed by atoms with E-state index in [4.69, 9.17) is 0 Å². The minimum atomic E-state index is -0.470. The normalized spacial score (nSPS) is 11.6. The highest BCUT2D eigenvalue weighted by Gasteiger charge is 1.80. The Hall–Kier alpha value is -0.530. The second kappa shape index (κ2) is 4.62. The van der Waals surface area contributed by atoms with Crippen molar-refractivity contribution in [3.05, 3.63) is 11.8 Å². The zero-order valence-electron chi connectivity index (χ0n) is 5.37. The van der Waals surface area contributed by atoms with Crippen LogP contribution < -0.4 is 5.32 Å². The van der Waals surface area contributed by atoms with Crippen molar-refractivity contribution in [3.8, 4) is 0 Å². The van der Waals surface area contributed by atoms with Crippen molar-refractivity contribution >= 4 is 0 Å². The molecule has 0 radical (unpaired) electrons. The van der Waals surface area contributed by atoms with Gasteiger partial charge >= 0.3 is 0 Å². The Balaban J connectivity index is 3.29. The monoisotopic (exact) mass is 117 g/mol. The molecular formula is C6H12FN. The predicted molar refractivity (Wildman–Crippen MR) is 33.2 cm³/mol. The van der Waals surface area contributed by atoms with Gasteiger partial charge in [0, 0.05) is 5.70 Å². The van der Waals surface area contributed by atoms with Gasteiger partial charge in [-0.15, -0.1) is 0 Å². The molecule has 0 aliphatic carbocycles. The molecule has 48 valence electrons. The smallest absolute Gasteiger partial charge is 0.159 e. The van der Waals surface area contributed by atoms with Crippen molar-refractivity contribution < 1.29 is 4.39 Å². The zero-order valence-corrected chi connectivity index (χ0v) is 5.37. The molecule has 2 heteroatoms. The summed E-state index contributed by atoms with van der Waals surface area (Å²) in [5.41, 5.74) is 0.912. The maximum Gasteiger partial charge on any atom is 0.159 e. The van der Waals surface area contributed by atoms with Gasteiger partial charge in [0.15, 0.2) is 6.80 Å². The predicted octanol–water partition coefficient (Wildman–Crippen LogP) is 1.82. The van der Waals surface area contributed by atoms with Gasteiger partial charge in [0.05, 0.1) is 0 Å². The molecular weight excluding hydrogens is 105 g/mol. The van der Waals surface area contributed by atoms with E-state index < -0.39 is 6.80 Å². The molecule has 0 fully saturated rings. The summed E-state index contributed by atoms with van der Waals surface area (Å²) in [6, 6.07) is 0. The van der Waals surface area contributed by atoms with E-state index in [1.54, 1.807) is 0 Å². The van der Waals surface area contributed by atoms with E-state index in [2.05, 4.69) is 5.32 Å². The zero-order chi connectivity index (χ0) is 6.41. The summed E-state index contributed by atoms with van der Waals surface area (Å²) in [6.45, 7) is 3.40. The minimum absolute atomic E-state index is 0.470. The topological polar surface area (TPSA) is 12.0 Å². The number of nitrogens with one attached hydrogen (secondary N) is 1. The van der Waals surface area contributed by atoms with E-state index in [1.165, 1.54) is 0 Å². The van der Waals surface area contributed by atoms with E-state index in [1.807, 2.05) is 19.9 Å². The molecule has 0 atom stereocenters. The fraction of sp³-hybridized carbons (Fsp3) is 0.667. The Bertz CT molecular complexity index is 78.6. The van der Waals surface area contributed by atoms with Gasteiger partial charge in [-0.05, 0) is 13.3 Å². The number of halogens is 1. The lowest BCUT2D eigenvalue weighted by molar-refractivity contribution is 0.454. The molecule has 0 heterocycles. The SMILES string of the molecule is CC/C=C(\C)NCF. The summed E-state index contributed by atoms with van der Waals surface area (Å²) in [6.07, 6.45) is 2.90. The van der Waals surface area contributed by atoms with E-state index in [-0.39, 0.29) is 0 Å². The average Bonchev–Trinajstić information content (AvgIpc) is 1.68. The largest absolute Gasteiger partial charge is 0.362 e. The molecule has 0 bridgehead atoms. The molecule has 0 saturated carbocycles. The maximum absolute atomic E-state index is 11.4. The molecule has 0 aromatic rings. The number of hydrogen-bond donors (Lipinski definition) is 1. The summed E-state index contributed by atoms with van der Waals surface area (Å²) in [5, 5.41) is 2.54. The molecule has 8 heavy (non-hydrogen) atoms. The molecule has 0 aliphatic rings. The van der Waals surface area contributed by atoms with Gasteiger partial charge in [0.1, 0.15) is 0 Å². The Morgan fingerprint density at radius 1 is 1.75 bits per heavy atom. The van der Waals surface area contributed by atoms with Gasteiger partial charge in [0.2, 0.25) is 0 Å². The van der Waals surface area contributed by atoms with Crippen LogP contribution in [0.4, 0.5) is 4.39 Å². The molecule has 0 aromatic carbocycles. The fourth-order valence-corrected chi connectivity index (χ4v) is 0.484. The maximum atomic E-state index is 11.4. The van der Waals surface area contributed by atoms with Crippen LogP contribution in [0.15, 0.2) is 11.8 Å². The first-order valence-electron chi connectivity index (χ1n) is 2.77. The lowest BCUT2D eigenvalue weighted by Gasteiger charge is -1.97. The Labute approximate surface area is 49.6 Å². The molecule has 1 nitrogen and oxygen atoms in total. The lowest BCUT2D eigenvalue weighted by Crippen LogP contribution is -2.07. The first-order chi connectivity index (χ1) is 3.81. The molecule has 0 unspecified atom stereocenters. The van der Waals surface area contributed by atoms with Crippen molar-refractivity contribution in [3.63, 3.8) is 0 Å². The van der Waals surface area contributed by atoms with Crippen LogP contribution in [0.3, 0.4) is 0 Å². The number of alkyl halides is 1. The third-order valence-electron chi connectivity index (χ3n) is 0.856. The molecule has 1 N–H and O–H groups in total. The Morgan fingerprint density at radius 2 is 2.38 bits per heavy atom. The second-order valence-electron chi connectivity index (χ2n) is 1.61. The standard InChI is InChI=1S/C6H12FN/c1-3-4-6(2)8-5-7/h4,8H,3,5H2,1-2H3/b6-4+. The number of hydrogen-bond acceptors (Lipinski definition) is 1. The Morgan fingerprint density at radius 3 is 2.75 bits per heavy atom. The highest BCUT2D eigenvalue weighted by Crippen LogP contribution is 1.87. The molecule has 0 saturated heterocycles. The molecule has 0 amide bonds. The van der Waals surface area contributed by atoms with Gasteiger partial charge in [-0.3, -0.25) is 0 Å². The van der Waals surface area contributed by atoms with Crippen molar-refractivity contribution in [1.82, 2.24) is 5.32 Å². The first kappa shape index (κ1) is 7.47. The fourth-order valence-electron chi connectivity index (χ4n) is 0.484. The van der Waals surface area contributed by atoms with Crippen molar-refractivity contribution in [2.45, 2.75) is 20.3 Å². The highest BCUT2D eigenvalue weighted by atomic mass is 19.1. The lowest BCUT2D eigenvalue weighted by atomic mass is 10.4. The van der Waals surface area contributed by atoms with E-state index in [0.717, 1.165) is 12.1 Å². The summed E-state index contributed by atoms with van der Waals surface area (Å²) >= 11 is 0. The summed E-state index contributed by atoms with van der Waals surface area (Å²) in [5.74, 6) is 0. The minimum Gasteiger partial charge on any atom is -0.362 e. The summed E-state index contributed by atoms with van der Waals surface area (Å²) < 4.78 is 11.4. The van der Waals surface area contributed by atoms with Gasteiger partial charge < -0.3 is 5.32 Å². The molecule has 0 rings (SSSR count).